The second-order valence-corrected chi connectivity index (χ2v) is 18.0. The van der Waals surface area contributed by atoms with E-state index < -0.39 is 8.32 Å². The number of hydrogen-bond donors (Lipinski definition) is 1. The maximum Gasteiger partial charge on any atom is 0.283 e. The van der Waals surface area contributed by atoms with Crippen molar-refractivity contribution in [3.8, 4) is 0 Å². The van der Waals surface area contributed by atoms with Gasteiger partial charge in [0.15, 0.2) is 19.6 Å². The van der Waals surface area contributed by atoms with Crippen molar-refractivity contribution < 1.29 is 4.43 Å². The number of nitrogens with one attached hydrogen (secondary N) is 1. The number of aromatic nitrogens is 5. The first-order valence-electron chi connectivity index (χ1n) is 15.0. The highest BCUT2D eigenvalue weighted by molar-refractivity contribution is 6.74. The lowest BCUT2D eigenvalue weighted by molar-refractivity contribution is 0.265. The predicted octanol–water partition coefficient (Wildman–Crippen LogP) is 5.42. The van der Waals surface area contributed by atoms with Crippen LogP contribution in [0.1, 0.15) is 26.3 Å². The molecule has 226 valence electrons. The summed E-state index contributed by atoms with van der Waals surface area (Å²) in [5.74, 6) is 0.405. The van der Waals surface area contributed by atoms with Gasteiger partial charge in [0.25, 0.3) is 5.56 Å². The summed E-state index contributed by atoms with van der Waals surface area (Å²) in [6.45, 7) is 18.5. The maximum absolute atomic E-state index is 13.9. The van der Waals surface area contributed by atoms with Gasteiger partial charge in [0.05, 0.1) is 18.7 Å². The van der Waals surface area contributed by atoms with Crippen LogP contribution in [-0.4, -0.2) is 77.2 Å². The Morgan fingerprint density at radius 2 is 1.74 bits per heavy atom. The van der Waals surface area contributed by atoms with Crippen LogP contribution in [0.5, 0.6) is 0 Å². The van der Waals surface area contributed by atoms with E-state index in [1.54, 1.807) is 10.7 Å². The summed E-state index contributed by atoms with van der Waals surface area (Å²) < 4.78 is 10.1. The van der Waals surface area contributed by atoms with E-state index in [0.717, 1.165) is 42.8 Å². The number of hydrogen-bond acceptors (Lipinski definition) is 8. The number of likely N-dealkylation sites (N-methyl/N-ethyl adjacent to an activating group) is 1. The molecule has 0 spiro atoms. The first kappa shape index (κ1) is 29.3. The van der Waals surface area contributed by atoms with Crippen LogP contribution in [0.15, 0.2) is 53.5 Å². The number of benzene rings is 2. The molecule has 3 aromatic heterocycles. The van der Waals surface area contributed by atoms with E-state index >= 15 is 0 Å². The molecule has 0 saturated carbocycles. The Labute approximate surface area is 253 Å². The van der Waals surface area contributed by atoms with Crippen LogP contribution in [0.4, 0.5) is 17.3 Å². The van der Waals surface area contributed by atoms with Gasteiger partial charge < -0.3 is 19.5 Å². The zero-order valence-electron chi connectivity index (χ0n) is 26.3. The van der Waals surface area contributed by atoms with Gasteiger partial charge in [0.2, 0.25) is 5.95 Å². The van der Waals surface area contributed by atoms with E-state index in [0.29, 0.717) is 35.8 Å². The first-order chi connectivity index (χ1) is 20.4. The molecule has 2 aromatic carbocycles. The molecule has 0 radical (unpaired) electrons. The summed E-state index contributed by atoms with van der Waals surface area (Å²) in [5, 5.41) is 4.70. The molecule has 0 atom stereocenters. The number of rotatable bonds is 7. The van der Waals surface area contributed by atoms with Crippen molar-refractivity contribution in [1.82, 2.24) is 29.0 Å². The molecule has 0 bridgehead atoms. The third-order valence-corrected chi connectivity index (χ3v) is 13.7. The van der Waals surface area contributed by atoms with Crippen molar-refractivity contribution >= 4 is 53.2 Å². The second-order valence-electron chi connectivity index (χ2n) is 13.1. The van der Waals surface area contributed by atoms with Gasteiger partial charge in [0.1, 0.15) is 5.39 Å². The van der Waals surface area contributed by atoms with Crippen LogP contribution in [-0.2, 0) is 11.0 Å². The van der Waals surface area contributed by atoms with Gasteiger partial charge in [-0.25, -0.2) is 9.97 Å². The highest BCUT2D eigenvalue weighted by atomic mass is 28.4. The molecule has 10 nitrogen and oxygen atoms in total. The summed E-state index contributed by atoms with van der Waals surface area (Å²) >= 11 is 0. The van der Waals surface area contributed by atoms with Crippen molar-refractivity contribution in [2.75, 3.05) is 50.1 Å². The van der Waals surface area contributed by atoms with Gasteiger partial charge in [-0.05, 0) is 68.0 Å². The lowest BCUT2D eigenvalue weighted by atomic mass is 10.1. The molecule has 1 fully saturated rings. The molecule has 4 heterocycles. The van der Waals surface area contributed by atoms with Crippen molar-refractivity contribution in [2.24, 2.45) is 0 Å². The zero-order chi connectivity index (χ0) is 30.5. The molecule has 1 aliphatic heterocycles. The van der Waals surface area contributed by atoms with Gasteiger partial charge in [-0.3, -0.25) is 9.48 Å². The summed E-state index contributed by atoms with van der Waals surface area (Å²) in [6.07, 6.45) is 1.58. The third-order valence-electron chi connectivity index (χ3n) is 9.14. The molecule has 1 saturated heterocycles. The number of piperazine rings is 1. The number of anilines is 3. The van der Waals surface area contributed by atoms with Crippen molar-refractivity contribution in [2.45, 2.75) is 52.4 Å². The molecule has 6 rings (SSSR count). The van der Waals surface area contributed by atoms with Crippen LogP contribution in [0.2, 0.25) is 18.1 Å². The fourth-order valence-corrected chi connectivity index (χ4v) is 6.54. The minimum atomic E-state index is -1.94. The van der Waals surface area contributed by atoms with Crippen molar-refractivity contribution in [1.29, 1.82) is 0 Å². The minimum absolute atomic E-state index is 0.108. The minimum Gasteiger partial charge on any atom is -0.415 e. The number of nitrogens with zero attached hydrogens (tertiary/aromatic N) is 7. The van der Waals surface area contributed by atoms with E-state index in [4.69, 9.17) is 9.41 Å². The number of para-hydroxylation sites is 1. The van der Waals surface area contributed by atoms with E-state index in [-0.39, 0.29) is 10.6 Å². The predicted molar refractivity (Wildman–Crippen MR) is 177 cm³/mol. The van der Waals surface area contributed by atoms with Gasteiger partial charge in [-0.15, -0.1) is 0 Å². The quantitative estimate of drug-likeness (QED) is 0.249. The molecule has 0 unspecified atom stereocenters. The fourth-order valence-electron chi connectivity index (χ4n) is 5.51. The normalized spacial score (nSPS) is 15.2. The van der Waals surface area contributed by atoms with Crippen LogP contribution < -0.4 is 15.8 Å². The summed E-state index contributed by atoms with van der Waals surface area (Å²) in [4.78, 5) is 32.7. The average molecular weight is 599 g/mol. The fraction of sp³-hybridized carbons (Fsp3) is 0.438. The van der Waals surface area contributed by atoms with Gasteiger partial charge in [-0.2, -0.15) is 9.50 Å². The Morgan fingerprint density at radius 3 is 2.47 bits per heavy atom. The molecule has 1 N–H and O–H groups in total. The van der Waals surface area contributed by atoms with Crippen LogP contribution >= 0.6 is 0 Å². The second kappa shape index (κ2) is 11.0. The Balaban J connectivity index is 1.31. The Hall–Kier alpha value is -3.80. The molecule has 0 amide bonds. The largest absolute Gasteiger partial charge is 0.415 e. The average Bonchev–Trinajstić information content (AvgIpc) is 3.27. The zero-order valence-corrected chi connectivity index (χ0v) is 27.3. The lowest BCUT2D eigenvalue weighted by Crippen LogP contribution is -2.44. The lowest BCUT2D eigenvalue weighted by Gasteiger charge is -2.36. The molecule has 5 aromatic rings. The molecule has 11 heteroatoms. The van der Waals surface area contributed by atoms with E-state index in [1.165, 1.54) is 11.3 Å². The van der Waals surface area contributed by atoms with E-state index in [2.05, 4.69) is 91.1 Å². The highest BCUT2D eigenvalue weighted by Gasteiger charge is 2.37. The molecular formula is C32H42N8O2Si. The topological polar surface area (TPSA) is 92.8 Å². The Bertz CT molecular complexity index is 1870. The summed E-state index contributed by atoms with van der Waals surface area (Å²) in [6, 6.07) is 14.3. The molecule has 1 aliphatic rings. The summed E-state index contributed by atoms with van der Waals surface area (Å²) in [7, 11) is 0.231. The van der Waals surface area contributed by atoms with E-state index in [9.17, 15) is 4.79 Å². The Kier molecular flexibility index (Phi) is 7.51. The number of aryl methyl sites for hydroxylation is 1. The number of fused-ring (bicyclic) bond motifs is 4. The van der Waals surface area contributed by atoms with Crippen LogP contribution in [0.25, 0.3) is 27.6 Å². The van der Waals surface area contributed by atoms with Crippen molar-refractivity contribution in [3.63, 3.8) is 0 Å². The van der Waals surface area contributed by atoms with Gasteiger partial charge in [0, 0.05) is 49.1 Å². The molecule has 43 heavy (non-hydrogen) atoms. The van der Waals surface area contributed by atoms with E-state index in [1.807, 2.05) is 28.9 Å². The summed E-state index contributed by atoms with van der Waals surface area (Å²) in [5.41, 5.74) is 5.03. The molecular weight excluding hydrogens is 556 g/mol. The first-order valence-corrected chi connectivity index (χ1v) is 18.0. The maximum atomic E-state index is 13.9. The van der Waals surface area contributed by atoms with Gasteiger partial charge in [-0.1, -0.05) is 32.9 Å². The standard InChI is InChI=1S/C32H42N8O2Si/c1-22-20-23(12-13-26(22)38-16-14-37(5)15-17-38)34-31-33-21-25-28(36-31)35-29-24-10-8-9-11-27(24)39(40(29)30(25)41)18-19-42-43(6,7)32(2,3)4/h8-13,20-21H,14-19H2,1-7H3,(H,33,34,36). The van der Waals surface area contributed by atoms with Crippen molar-refractivity contribution in [3.05, 3.63) is 64.6 Å². The Morgan fingerprint density at radius 1 is 1.00 bits per heavy atom. The highest BCUT2D eigenvalue weighted by Crippen LogP contribution is 2.36. The third kappa shape index (κ3) is 5.52. The monoisotopic (exact) mass is 598 g/mol. The SMILES string of the molecule is Cc1cc(Nc2ncc3c(=O)n4c(nc3n2)c2ccccc2n4CCO[Si](C)(C)C(C)(C)C)ccc1N1CCN(C)CC1. The van der Waals surface area contributed by atoms with Crippen LogP contribution in [0.3, 0.4) is 0 Å². The van der Waals surface area contributed by atoms with Gasteiger partial charge >= 0.3 is 0 Å². The molecule has 0 aliphatic carbocycles. The van der Waals surface area contributed by atoms with Crippen LogP contribution in [0, 0.1) is 6.92 Å². The smallest absolute Gasteiger partial charge is 0.283 e.